The van der Waals surface area contributed by atoms with Crippen LogP contribution in [0.1, 0.15) is 17.5 Å². The summed E-state index contributed by atoms with van der Waals surface area (Å²) in [4.78, 5) is 13.2. The molecule has 3 heteroatoms. The lowest BCUT2D eigenvalue weighted by atomic mass is 9.93. The van der Waals surface area contributed by atoms with Crippen molar-refractivity contribution in [1.82, 2.24) is 0 Å². The number of nitrogens with zero attached hydrogens (tertiary/aromatic N) is 1. The van der Waals surface area contributed by atoms with Gasteiger partial charge in [-0.15, -0.1) is 0 Å². The number of carboxylic acid groups (broad SMARTS) is 1. The van der Waals surface area contributed by atoms with Crippen LogP contribution in [0.15, 0.2) is 23.8 Å². The molecule has 2 aliphatic rings. The van der Waals surface area contributed by atoms with E-state index in [-0.39, 0.29) is 0 Å². The summed E-state index contributed by atoms with van der Waals surface area (Å²) in [6, 6.07) is 6.16. The molecule has 3 nitrogen and oxygen atoms in total. The van der Waals surface area contributed by atoms with Crippen molar-refractivity contribution >= 4 is 17.7 Å². The second kappa shape index (κ2) is 3.37. The molecule has 0 spiro atoms. The number of aliphatic carboxylic acids is 1. The first-order chi connectivity index (χ1) is 7.75. The molecule has 0 unspecified atom stereocenters. The summed E-state index contributed by atoms with van der Waals surface area (Å²) in [5.41, 5.74) is 4.15. The average Bonchev–Trinajstić information content (AvgIpc) is 2.29. The van der Waals surface area contributed by atoms with Crippen LogP contribution < -0.4 is 4.90 Å². The van der Waals surface area contributed by atoms with Crippen LogP contribution in [0.3, 0.4) is 0 Å². The minimum Gasteiger partial charge on any atom is -0.478 e. The molecule has 1 aromatic carbocycles. The maximum Gasteiger partial charge on any atom is 0.333 e. The molecule has 0 aliphatic carbocycles. The number of benzene rings is 1. The molecule has 0 saturated carbocycles. The molecule has 16 heavy (non-hydrogen) atoms. The average molecular weight is 215 g/mol. The van der Waals surface area contributed by atoms with Crippen LogP contribution in [0, 0.1) is 0 Å². The Morgan fingerprint density at radius 1 is 1.38 bits per heavy atom. The lowest BCUT2D eigenvalue weighted by molar-refractivity contribution is -0.132. The zero-order valence-corrected chi connectivity index (χ0v) is 8.94. The SMILES string of the molecule is O=C(O)C1=Cc2cccc3c2N(CCC3)C1. The van der Waals surface area contributed by atoms with Crippen molar-refractivity contribution in [3.05, 3.63) is 34.9 Å². The molecule has 0 atom stereocenters. The summed E-state index contributed by atoms with van der Waals surface area (Å²) >= 11 is 0. The fourth-order valence-electron chi connectivity index (χ4n) is 2.61. The van der Waals surface area contributed by atoms with Crippen molar-refractivity contribution in [2.24, 2.45) is 0 Å². The topological polar surface area (TPSA) is 40.5 Å². The molecule has 3 rings (SSSR count). The van der Waals surface area contributed by atoms with E-state index in [4.69, 9.17) is 5.11 Å². The van der Waals surface area contributed by atoms with Gasteiger partial charge >= 0.3 is 5.97 Å². The number of rotatable bonds is 1. The third kappa shape index (κ3) is 1.32. The number of anilines is 1. The molecule has 2 aliphatic heterocycles. The minimum atomic E-state index is -0.804. The number of hydrogen-bond donors (Lipinski definition) is 1. The Morgan fingerprint density at radius 3 is 3.06 bits per heavy atom. The fourth-order valence-corrected chi connectivity index (χ4v) is 2.61. The molecule has 2 heterocycles. The van der Waals surface area contributed by atoms with Gasteiger partial charge in [0.05, 0.1) is 12.1 Å². The summed E-state index contributed by atoms with van der Waals surface area (Å²) in [6.07, 6.45) is 4.03. The van der Waals surface area contributed by atoms with Gasteiger partial charge < -0.3 is 10.0 Å². The van der Waals surface area contributed by atoms with Crippen molar-refractivity contribution in [2.75, 3.05) is 18.0 Å². The Labute approximate surface area is 94.0 Å². The first-order valence-electron chi connectivity index (χ1n) is 5.56. The lowest BCUT2D eigenvalue weighted by Gasteiger charge is -2.35. The van der Waals surface area contributed by atoms with Crippen molar-refractivity contribution < 1.29 is 9.90 Å². The lowest BCUT2D eigenvalue weighted by Crippen LogP contribution is -2.35. The highest BCUT2D eigenvalue weighted by Gasteiger charge is 2.25. The molecule has 0 bridgehead atoms. The Morgan fingerprint density at radius 2 is 2.25 bits per heavy atom. The second-order valence-electron chi connectivity index (χ2n) is 4.35. The molecular formula is C13H13NO2. The van der Waals surface area contributed by atoms with E-state index in [1.807, 2.05) is 18.2 Å². The van der Waals surface area contributed by atoms with E-state index < -0.39 is 5.97 Å². The maximum absolute atomic E-state index is 11.0. The van der Waals surface area contributed by atoms with Gasteiger partial charge in [-0.25, -0.2) is 4.79 Å². The van der Waals surface area contributed by atoms with Gasteiger partial charge in [-0.05, 0) is 30.0 Å². The van der Waals surface area contributed by atoms with E-state index in [1.54, 1.807) is 0 Å². The fraction of sp³-hybridized carbons (Fsp3) is 0.308. The Kier molecular flexibility index (Phi) is 1.99. The summed E-state index contributed by atoms with van der Waals surface area (Å²) in [7, 11) is 0. The quantitative estimate of drug-likeness (QED) is 0.778. The van der Waals surface area contributed by atoms with Crippen LogP contribution in [0.4, 0.5) is 5.69 Å². The van der Waals surface area contributed by atoms with Crippen molar-refractivity contribution in [3.8, 4) is 0 Å². The zero-order valence-electron chi connectivity index (χ0n) is 8.94. The normalized spacial score (nSPS) is 17.8. The van der Waals surface area contributed by atoms with E-state index >= 15 is 0 Å². The number of aryl methyl sites for hydroxylation is 1. The zero-order chi connectivity index (χ0) is 11.1. The van der Waals surface area contributed by atoms with Gasteiger partial charge in [-0.2, -0.15) is 0 Å². The van der Waals surface area contributed by atoms with Gasteiger partial charge in [0, 0.05) is 12.2 Å². The highest BCUT2D eigenvalue weighted by Crippen LogP contribution is 2.35. The van der Waals surface area contributed by atoms with E-state index in [0.717, 1.165) is 24.9 Å². The molecule has 82 valence electrons. The molecule has 0 amide bonds. The van der Waals surface area contributed by atoms with Crippen molar-refractivity contribution in [3.63, 3.8) is 0 Å². The number of carboxylic acids is 1. The van der Waals surface area contributed by atoms with Crippen LogP contribution in [0.2, 0.25) is 0 Å². The first-order valence-corrected chi connectivity index (χ1v) is 5.56. The van der Waals surface area contributed by atoms with E-state index in [0.29, 0.717) is 12.1 Å². The second-order valence-corrected chi connectivity index (χ2v) is 4.35. The molecule has 0 aromatic heterocycles. The molecule has 0 radical (unpaired) electrons. The van der Waals surface area contributed by atoms with Gasteiger partial charge in [0.2, 0.25) is 0 Å². The first kappa shape index (κ1) is 9.46. The number of hydrogen-bond acceptors (Lipinski definition) is 2. The maximum atomic E-state index is 11.0. The summed E-state index contributed by atoms with van der Waals surface area (Å²) < 4.78 is 0. The van der Waals surface area contributed by atoms with Crippen LogP contribution in [-0.2, 0) is 11.2 Å². The van der Waals surface area contributed by atoms with Gasteiger partial charge in [-0.3, -0.25) is 0 Å². The van der Waals surface area contributed by atoms with Gasteiger partial charge in [0.25, 0.3) is 0 Å². The van der Waals surface area contributed by atoms with E-state index in [2.05, 4.69) is 11.0 Å². The van der Waals surface area contributed by atoms with Gasteiger partial charge in [-0.1, -0.05) is 18.2 Å². The molecule has 0 fully saturated rings. The number of para-hydroxylation sites is 1. The monoisotopic (exact) mass is 215 g/mol. The van der Waals surface area contributed by atoms with Crippen LogP contribution >= 0.6 is 0 Å². The van der Waals surface area contributed by atoms with Crippen LogP contribution in [0.25, 0.3) is 6.08 Å². The molecular weight excluding hydrogens is 202 g/mol. The summed E-state index contributed by atoms with van der Waals surface area (Å²) in [6.45, 7) is 1.51. The Bertz CT molecular complexity index is 491. The minimum absolute atomic E-state index is 0.492. The van der Waals surface area contributed by atoms with Gasteiger partial charge in [0.15, 0.2) is 0 Å². The molecule has 1 N–H and O–H groups in total. The number of carbonyl (C=O) groups is 1. The predicted molar refractivity (Wildman–Crippen MR) is 62.6 cm³/mol. The van der Waals surface area contributed by atoms with Gasteiger partial charge in [0.1, 0.15) is 0 Å². The Hall–Kier alpha value is -1.77. The van der Waals surface area contributed by atoms with Crippen molar-refractivity contribution in [2.45, 2.75) is 12.8 Å². The molecule has 0 saturated heterocycles. The van der Waals surface area contributed by atoms with Crippen LogP contribution in [-0.4, -0.2) is 24.2 Å². The highest BCUT2D eigenvalue weighted by atomic mass is 16.4. The highest BCUT2D eigenvalue weighted by molar-refractivity contribution is 5.96. The smallest absolute Gasteiger partial charge is 0.333 e. The Balaban J connectivity index is 2.17. The van der Waals surface area contributed by atoms with E-state index in [9.17, 15) is 4.79 Å². The van der Waals surface area contributed by atoms with Crippen molar-refractivity contribution in [1.29, 1.82) is 0 Å². The standard InChI is InChI=1S/C13H13NO2/c15-13(16)11-7-10-4-1-3-9-5-2-6-14(8-11)12(9)10/h1,3-4,7H,2,5-6,8H2,(H,15,16). The predicted octanol–water partition coefficient (Wildman–Crippen LogP) is 1.92. The third-order valence-corrected chi connectivity index (χ3v) is 3.31. The largest absolute Gasteiger partial charge is 0.478 e. The summed E-state index contributed by atoms with van der Waals surface area (Å²) in [5.74, 6) is -0.804. The third-order valence-electron chi connectivity index (χ3n) is 3.31. The summed E-state index contributed by atoms with van der Waals surface area (Å²) in [5, 5.41) is 9.07. The molecule has 1 aromatic rings. The van der Waals surface area contributed by atoms with Crippen LogP contribution in [0.5, 0.6) is 0 Å². The van der Waals surface area contributed by atoms with E-state index in [1.165, 1.54) is 11.3 Å².